The Balaban J connectivity index is 2.15. The smallest absolute Gasteiger partial charge is 0.0974 e. The molecule has 0 radical (unpaired) electrons. The molecule has 0 spiro atoms. The zero-order valence-corrected chi connectivity index (χ0v) is 10.5. The second-order valence-electron chi connectivity index (χ2n) is 4.45. The van der Waals surface area contributed by atoms with E-state index in [0.29, 0.717) is 0 Å². The maximum Gasteiger partial charge on any atom is 0.0974 e. The summed E-state index contributed by atoms with van der Waals surface area (Å²) in [5, 5.41) is 11.9. The lowest BCUT2D eigenvalue weighted by Crippen LogP contribution is -2.06. The van der Waals surface area contributed by atoms with Crippen LogP contribution < -0.4 is 5.32 Å². The van der Waals surface area contributed by atoms with Gasteiger partial charge in [0.05, 0.1) is 11.4 Å². The van der Waals surface area contributed by atoms with Crippen LogP contribution in [0.25, 0.3) is 22.2 Å². The number of rotatable bonds is 3. The molecule has 0 amide bonds. The van der Waals surface area contributed by atoms with Crippen LogP contribution in [0.4, 0.5) is 0 Å². The van der Waals surface area contributed by atoms with Gasteiger partial charge in [-0.05, 0) is 25.6 Å². The molecule has 1 aromatic carbocycles. The van der Waals surface area contributed by atoms with Crippen LogP contribution in [0.3, 0.4) is 0 Å². The van der Waals surface area contributed by atoms with Gasteiger partial charge in [-0.2, -0.15) is 5.10 Å². The number of para-hydroxylation sites is 1. The molecule has 0 saturated heterocycles. The summed E-state index contributed by atoms with van der Waals surface area (Å²) in [7, 11) is 1.94. The lowest BCUT2D eigenvalue weighted by molar-refractivity contribution is 0.779. The van der Waals surface area contributed by atoms with E-state index in [2.05, 4.69) is 45.6 Å². The van der Waals surface area contributed by atoms with E-state index in [0.717, 1.165) is 29.0 Å². The molecule has 2 aromatic heterocycles. The first kappa shape index (κ1) is 11.0. The van der Waals surface area contributed by atoms with Crippen LogP contribution in [0.5, 0.6) is 0 Å². The molecule has 3 rings (SSSR count). The summed E-state index contributed by atoms with van der Waals surface area (Å²) in [4.78, 5) is 3.29. The van der Waals surface area contributed by atoms with Gasteiger partial charge in [-0.15, -0.1) is 0 Å². The Morgan fingerprint density at radius 2 is 2.11 bits per heavy atom. The quantitative estimate of drug-likeness (QED) is 0.659. The van der Waals surface area contributed by atoms with Gasteiger partial charge in [-0.25, -0.2) is 0 Å². The highest BCUT2D eigenvalue weighted by Crippen LogP contribution is 2.30. The van der Waals surface area contributed by atoms with Crippen molar-refractivity contribution >= 4 is 10.9 Å². The summed E-state index contributed by atoms with van der Waals surface area (Å²) in [6.45, 7) is 2.91. The molecule has 0 aliphatic rings. The van der Waals surface area contributed by atoms with Gasteiger partial charge < -0.3 is 10.3 Å². The molecule has 0 atom stereocenters. The van der Waals surface area contributed by atoms with Crippen LogP contribution in [0, 0.1) is 6.92 Å². The SMILES string of the molecule is CNCc1[nH]nc(-c2c[nH]c3ccccc23)c1C. The van der Waals surface area contributed by atoms with Crippen molar-refractivity contribution in [2.24, 2.45) is 0 Å². The van der Waals surface area contributed by atoms with Crippen LogP contribution in [-0.2, 0) is 6.54 Å². The highest BCUT2D eigenvalue weighted by molar-refractivity contribution is 5.95. The fraction of sp³-hybridized carbons (Fsp3) is 0.214. The zero-order valence-electron chi connectivity index (χ0n) is 10.5. The Bertz CT molecular complexity index is 678. The van der Waals surface area contributed by atoms with Gasteiger partial charge >= 0.3 is 0 Å². The second kappa shape index (κ2) is 4.31. The van der Waals surface area contributed by atoms with Crippen molar-refractivity contribution < 1.29 is 0 Å². The number of H-pyrrole nitrogens is 2. The number of nitrogens with one attached hydrogen (secondary N) is 3. The third-order valence-electron chi connectivity index (χ3n) is 3.31. The van der Waals surface area contributed by atoms with Gasteiger partial charge in [-0.3, -0.25) is 5.10 Å². The van der Waals surface area contributed by atoms with Crippen molar-refractivity contribution in [3.8, 4) is 11.3 Å². The molecule has 0 aliphatic heterocycles. The summed E-state index contributed by atoms with van der Waals surface area (Å²) in [6.07, 6.45) is 2.02. The number of benzene rings is 1. The van der Waals surface area contributed by atoms with Crippen LogP contribution in [0.2, 0.25) is 0 Å². The molecule has 4 heteroatoms. The molecular formula is C14H16N4. The number of nitrogens with zero attached hydrogens (tertiary/aromatic N) is 1. The van der Waals surface area contributed by atoms with Gasteiger partial charge in [0, 0.05) is 29.2 Å². The minimum absolute atomic E-state index is 0.807. The Labute approximate surface area is 105 Å². The molecule has 18 heavy (non-hydrogen) atoms. The van der Waals surface area contributed by atoms with E-state index in [4.69, 9.17) is 0 Å². The molecule has 4 nitrogen and oxygen atoms in total. The minimum atomic E-state index is 0.807. The lowest BCUT2D eigenvalue weighted by Gasteiger charge is -1.99. The molecule has 2 heterocycles. The van der Waals surface area contributed by atoms with Gasteiger partial charge in [0.1, 0.15) is 0 Å². The largest absolute Gasteiger partial charge is 0.360 e. The van der Waals surface area contributed by atoms with Gasteiger partial charge in [-0.1, -0.05) is 18.2 Å². The molecule has 0 unspecified atom stereocenters. The zero-order chi connectivity index (χ0) is 12.5. The van der Waals surface area contributed by atoms with E-state index in [1.54, 1.807) is 0 Å². The van der Waals surface area contributed by atoms with Crippen molar-refractivity contribution in [1.29, 1.82) is 0 Å². The summed E-state index contributed by atoms with van der Waals surface area (Å²) >= 11 is 0. The van der Waals surface area contributed by atoms with Gasteiger partial charge in [0.15, 0.2) is 0 Å². The van der Waals surface area contributed by atoms with Crippen molar-refractivity contribution in [2.75, 3.05) is 7.05 Å². The van der Waals surface area contributed by atoms with Crippen LogP contribution >= 0.6 is 0 Å². The third kappa shape index (κ3) is 1.62. The van der Waals surface area contributed by atoms with Crippen LogP contribution in [0.15, 0.2) is 30.5 Å². The topological polar surface area (TPSA) is 56.5 Å². The molecule has 0 saturated carbocycles. The van der Waals surface area contributed by atoms with E-state index >= 15 is 0 Å². The fourth-order valence-electron chi connectivity index (χ4n) is 2.31. The average Bonchev–Trinajstić information content (AvgIpc) is 2.95. The Morgan fingerprint density at radius 1 is 1.28 bits per heavy atom. The standard InChI is InChI=1S/C14H16N4/c1-9-13(8-15-2)17-18-14(9)11-7-16-12-6-4-3-5-10(11)12/h3-7,15-16H,8H2,1-2H3,(H,17,18). The first-order valence-electron chi connectivity index (χ1n) is 6.06. The van der Waals surface area contributed by atoms with Crippen molar-refractivity contribution in [1.82, 2.24) is 20.5 Å². The Hall–Kier alpha value is -2.07. The number of hydrogen-bond donors (Lipinski definition) is 3. The summed E-state index contributed by atoms with van der Waals surface area (Å²) in [6, 6.07) is 8.28. The van der Waals surface area contributed by atoms with Crippen molar-refractivity contribution in [3.05, 3.63) is 41.7 Å². The number of hydrogen-bond acceptors (Lipinski definition) is 2. The molecule has 3 N–H and O–H groups in total. The third-order valence-corrected chi connectivity index (χ3v) is 3.31. The maximum absolute atomic E-state index is 4.44. The van der Waals surface area contributed by atoms with Crippen LogP contribution in [0.1, 0.15) is 11.3 Å². The maximum atomic E-state index is 4.44. The predicted octanol–water partition coefficient (Wildman–Crippen LogP) is 2.59. The molecule has 3 aromatic rings. The molecule has 0 bridgehead atoms. The fourth-order valence-corrected chi connectivity index (χ4v) is 2.31. The summed E-state index contributed by atoms with van der Waals surface area (Å²) in [5.74, 6) is 0. The minimum Gasteiger partial charge on any atom is -0.360 e. The van der Waals surface area contributed by atoms with E-state index in [-0.39, 0.29) is 0 Å². The number of aromatic amines is 2. The molecular weight excluding hydrogens is 224 g/mol. The van der Waals surface area contributed by atoms with E-state index in [1.807, 2.05) is 19.3 Å². The van der Waals surface area contributed by atoms with Crippen molar-refractivity contribution in [2.45, 2.75) is 13.5 Å². The van der Waals surface area contributed by atoms with Crippen LogP contribution in [-0.4, -0.2) is 22.2 Å². The summed E-state index contributed by atoms with van der Waals surface area (Å²) < 4.78 is 0. The number of fused-ring (bicyclic) bond motifs is 1. The second-order valence-corrected chi connectivity index (χ2v) is 4.45. The number of aromatic nitrogens is 3. The average molecular weight is 240 g/mol. The molecule has 92 valence electrons. The highest BCUT2D eigenvalue weighted by Gasteiger charge is 2.13. The highest BCUT2D eigenvalue weighted by atomic mass is 15.1. The van der Waals surface area contributed by atoms with Gasteiger partial charge in [0.25, 0.3) is 0 Å². The van der Waals surface area contributed by atoms with E-state index < -0.39 is 0 Å². The predicted molar refractivity (Wildman–Crippen MR) is 73.4 cm³/mol. The van der Waals surface area contributed by atoms with E-state index in [9.17, 15) is 0 Å². The molecule has 0 fully saturated rings. The van der Waals surface area contributed by atoms with Gasteiger partial charge in [0.2, 0.25) is 0 Å². The Kier molecular flexibility index (Phi) is 2.64. The normalized spacial score (nSPS) is 11.2. The van der Waals surface area contributed by atoms with E-state index in [1.165, 1.54) is 10.9 Å². The lowest BCUT2D eigenvalue weighted by atomic mass is 10.1. The summed E-state index contributed by atoms with van der Waals surface area (Å²) in [5.41, 5.74) is 5.66. The first-order valence-corrected chi connectivity index (χ1v) is 6.06. The monoisotopic (exact) mass is 240 g/mol. The first-order chi connectivity index (χ1) is 8.81. The van der Waals surface area contributed by atoms with Crippen molar-refractivity contribution in [3.63, 3.8) is 0 Å². The Morgan fingerprint density at radius 3 is 2.94 bits per heavy atom. The molecule has 0 aliphatic carbocycles.